The van der Waals surface area contributed by atoms with Gasteiger partial charge in [-0.15, -0.1) is 0 Å². The Labute approximate surface area is 175 Å². The van der Waals surface area contributed by atoms with Crippen molar-refractivity contribution in [3.63, 3.8) is 0 Å². The fraction of sp³-hybridized carbons (Fsp3) is 0.619. The standard InChI is InChI=1S/C21H27N5O4/c27-20(26-11-6-21(7-12-26)28-13-14-29-21)19-23-18(24-30-19)16-5-8-22-17(15-16)25-9-3-1-2-4-10-25/h5,8,15H,1-4,6-7,9-14H2. The molecule has 0 aromatic carbocycles. The van der Waals surface area contributed by atoms with Gasteiger partial charge < -0.3 is 23.8 Å². The molecule has 0 saturated carbocycles. The molecule has 1 spiro atoms. The van der Waals surface area contributed by atoms with Crippen molar-refractivity contribution in [3.8, 4) is 11.4 Å². The van der Waals surface area contributed by atoms with Crippen LogP contribution in [0, 0.1) is 0 Å². The summed E-state index contributed by atoms with van der Waals surface area (Å²) in [7, 11) is 0. The van der Waals surface area contributed by atoms with Crippen molar-refractivity contribution in [1.29, 1.82) is 0 Å². The molecule has 2 aromatic heterocycles. The number of hydrogen-bond acceptors (Lipinski definition) is 8. The zero-order valence-electron chi connectivity index (χ0n) is 17.1. The lowest BCUT2D eigenvalue weighted by Crippen LogP contribution is -2.47. The van der Waals surface area contributed by atoms with Crippen molar-refractivity contribution in [2.24, 2.45) is 0 Å². The lowest BCUT2D eigenvalue weighted by molar-refractivity contribution is -0.181. The summed E-state index contributed by atoms with van der Waals surface area (Å²) in [6.07, 6.45) is 7.97. The average Bonchev–Trinajstić information content (AvgIpc) is 3.37. The van der Waals surface area contributed by atoms with Crippen LogP contribution in [0.3, 0.4) is 0 Å². The highest BCUT2D eigenvalue weighted by Crippen LogP contribution is 2.32. The molecule has 9 nitrogen and oxygen atoms in total. The normalized spacial score (nSPS) is 21.7. The second-order valence-corrected chi connectivity index (χ2v) is 8.13. The number of aromatic nitrogens is 3. The first-order chi connectivity index (χ1) is 14.7. The second kappa shape index (κ2) is 8.31. The SMILES string of the molecule is O=C(c1nc(-c2ccnc(N3CCCCCC3)c2)no1)N1CCC2(CC1)OCCO2. The van der Waals surface area contributed by atoms with Gasteiger partial charge in [0.05, 0.1) is 13.2 Å². The van der Waals surface area contributed by atoms with E-state index < -0.39 is 5.79 Å². The van der Waals surface area contributed by atoms with Crippen LogP contribution in [0.5, 0.6) is 0 Å². The number of anilines is 1. The van der Waals surface area contributed by atoms with Crippen LogP contribution in [0.4, 0.5) is 5.82 Å². The Hall–Kier alpha value is -2.52. The molecule has 3 saturated heterocycles. The van der Waals surface area contributed by atoms with Gasteiger partial charge in [-0.25, -0.2) is 4.98 Å². The number of rotatable bonds is 3. The van der Waals surface area contributed by atoms with E-state index in [0.717, 1.165) is 24.5 Å². The molecule has 1 amide bonds. The van der Waals surface area contributed by atoms with Crippen molar-refractivity contribution < 1.29 is 18.8 Å². The molecule has 0 atom stereocenters. The molecule has 2 aromatic rings. The summed E-state index contributed by atoms with van der Waals surface area (Å²) in [6, 6.07) is 3.82. The van der Waals surface area contributed by atoms with Crippen LogP contribution in [0.1, 0.15) is 49.2 Å². The molecule has 0 N–H and O–H groups in total. The van der Waals surface area contributed by atoms with Gasteiger partial charge in [0, 0.05) is 50.8 Å². The number of likely N-dealkylation sites (tertiary alicyclic amines) is 1. The van der Waals surface area contributed by atoms with Crippen LogP contribution in [-0.2, 0) is 9.47 Å². The molecule has 30 heavy (non-hydrogen) atoms. The van der Waals surface area contributed by atoms with Gasteiger partial charge in [0.25, 0.3) is 0 Å². The minimum absolute atomic E-state index is 0.0161. The number of amides is 1. The summed E-state index contributed by atoms with van der Waals surface area (Å²) in [4.78, 5) is 25.8. The van der Waals surface area contributed by atoms with Gasteiger partial charge in [-0.1, -0.05) is 18.0 Å². The monoisotopic (exact) mass is 413 g/mol. The number of pyridine rings is 1. The molecule has 0 radical (unpaired) electrons. The molecule has 5 heterocycles. The Morgan fingerprint density at radius 3 is 2.47 bits per heavy atom. The molecule has 5 rings (SSSR count). The van der Waals surface area contributed by atoms with Gasteiger partial charge in [-0.2, -0.15) is 4.98 Å². The van der Waals surface area contributed by atoms with E-state index in [-0.39, 0.29) is 11.8 Å². The summed E-state index contributed by atoms with van der Waals surface area (Å²) in [5, 5.41) is 4.05. The summed E-state index contributed by atoms with van der Waals surface area (Å²) in [6.45, 7) is 4.35. The second-order valence-electron chi connectivity index (χ2n) is 8.13. The number of carbonyl (C=O) groups is 1. The molecule has 0 unspecified atom stereocenters. The smallest absolute Gasteiger partial charge is 0.316 e. The first kappa shape index (κ1) is 19.4. The molecule has 3 aliphatic heterocycles. The zero-order chi connectivity index (χ0) is 20.4. The highest BCUT2D eigenvalue weighted by molar-refractivity contribution is 5.90. The first-order valence-corrected chi connectivity index (χ1v) is 10.8. The summed E-state index contributed by atoms with van der Waals surface area (Å²) < 4.78 is 16.8. The van der Waals surface area contributed by atoms with Crippen molar-refractivity contribution in [3.05, 3.63) is 24.2 Å². The lowest BCUT2D eigenvalue weighted by atomic mass is 10.0. The van der Waals surface area contributed by atoms with Crippen LogP contribution >= 0.6 is 0 Å². The van der Waals surface area contributed by atoms with Crippen LogP contribution in [0.15, 0.2) is 22.9 Å². The number of carbonyl (C=O) groups excluding carboxylic acids is 1. The molecule has 3 aliphatic rings. The van der Waals surface area contributed by atoms with Crippen molar-refractivity contribution in [2.75, 3.05) is 44.3 Å². The van der Waals surface area contributed by atoms with Crippen LogP contribution in [0.25, 0.3) is 11.4 Å². The third kappa shape index (κ3) is 3.91. The van der Waals surface area contributed by atoms with Gasteiger partial charge in [-0.3, -0.25) is 4.79 Å². The molecule has 3 fully saturated rings. The van der Waals surface area contributed by atoms with Gasteiger partial charge >= 0.3 is 11.8 Å². The van der Waals surface area contributed by atoms with Gasteiger partial charge in [0.15, 0.2) is 5.79 Å². The molecule has 160 valence electrons. The van der Waals surface area contributed by atoms with E-state index >= 15 is 0 Å². The predicted octanol–water partition coefficient (Wildman–Crippen LogP) is 2.49. The molecular weight excluding hydrogens is 386 g/mol. The largest absolute Gasteiger partial charge is 0.357 e. The van der Waals surface area contributed by atoms with Crippen molar-refractivity contribution in [2.45, 2.75) is 44.3 Å². The van der Waals surface area contributed by atoms with E-state index in [1.54, 1.807) is 11.1 Å². The Balaban J connectivity index is 1.27. The lowest BCUT2D eigenvalue weighted by Gasteiger charge is -2.36. The van der Waals surface area contributed by atoms with Crippen LogP contribution in [-0.4, -0.2) is 71.1 Å². The Bertz CT molecular complexity index is 877. The quantitative estimate of drug-likeness (QED) is 0.758. The van der Waals surface area contributed by atoms with Gasteiger partial charge in [0.2, 0.25) is 5.82 Å². The summed E-state index contributed by atoms with van der Waals surface area (Å²) in [5.74, 6) is 0.584. The van der Waals surface area contributed by atoms with Crippen molar-refractivity contribution in [1.82, 2.24) is 20.0 Å². The third-order valence-corrected chi connectivity index (χ3v) is 6.17. The predicted molar refractivity (Wildman–Crippen MR) is 108 cm³/mol. The maximum Gasteiger partial charge on any atom is 0.316 e. The van der Waals surface area contributed by atoms with E-state index in [9.17, 15) is 4.79 Å². The van der Waals surface area contributed by atoms with E-state index in [4.69, 9.17) is 14.0 Å². The summed E-state index contributed by atoms with van der Waals surface area (Å²) >= 11 is 0. The summed E-state index contributed by atoms with van der Waals surface area (Å²) in [5.41, 5.74) is 0.803. The van der Waals surface area contributed by atoms with E-state index in [1.807, 2.05) is 12.1 Å². The van der Waals surface area contributed by atoms with Crippen molar-refractivity contribution >= 4 is 11.7 Å². The number of ether oxygens (including phenoxy) is 2. The third-order valence-electron chi connectivity index (χ3n) is 6.17. The fourth-order valence-electron chi connectivity index (χ4n) is 4.43. The maximum absolute atomic E-state index is 12.8. The zero-order valence-corrected chi connectivity index (χ0v) is 17.1. The molecule has 9 heteroatoms. The fourth-order valence-corrected chi connectivity index (χ4v) is 4.43. The topological polar surface area (TPSA) is 93.8 Å². The molecular formula is C21H27N5O4. The van der Waals surface area contributed by atoms with Crippen LogP contribution < -0.4 is 4.90 Å². The maximum atomic E-state index is 12.8. The minimum Gasteiger partial charge on any atom is -0.357 e. The van der Waals surface area contributed by atoms with E-state index in [0.29, 0.717) is 45.0 Å². The first-order valence-electron chi connectivity index (χ1n) is 10.8. The Morgan fingerprint density at radius 2 is 1.73 bits per heavy atom. The van der Waals surface area contributed by atoms with E-state index in [1.165, 1.54) is 25.7 Å². The van der Waals surface area contributed by atoms with E-state index in [2.05, 4.69) is 20.0 Å². The number of piperidine rings is 1. The van der Waals surface area contributed by atoms with Gasteiger partial charge in [0.1, 0.15) is 5.82 Å². The Morgan fingerprint density at radius 1 is 1.00 bits per heavy atom. The highest BCUT2D eigenvalue weighted by Gasteiger charge is 2.41. The Kier molecular flexibility index (Phi) is 5.39. The molecule has 0 bridgehead atoms. The van der Waals surface area contributed by atoms with Crippen LogP contribution in [0.2, 0.25) is 0 Å². The number of hydrogen-bond donors (Lipinski definition) is 0. The minimum atomic E-state index is -0.516. The average molecular weight is 413 g/mol. The molecule has 0 aliphatic carbocycles. The highest BCUT2D eigenvalue weighted by atomic mass is 16.7. The van der Waals surface area contributed by atoms with Gasteiger partial charge in [-0.05, 0) is 25.0 Å². The number of nitrogens with zero attached hydrogens (tertiary/aromatic N) is 5.